The van der Waals surface area contributed by atoms with Gasteiger partial charge in [0.2, 0.25) is 0 Å². The summed E-state index contributed by atoms with van der Waals surface area (Å²) in [6.07, 6.45) is 81.3. The van der Waals surface area contributed by atoms with Crippen LogP contribution in [0.1, 0.15) is 290 Å². The summed E-state index contributed by atoms with van der Waals surface area (Å²) in [5, 5.41) is 0. The van der Waals surface area contributed by atoms with E-state index in [1.165, 1.54) is 154 Å². The Balaban J connectivity index is 4.48. The van der Waals surface area contributed by atoms with Crippen LogP contribution in [0.2, 0.25) is 0 Å². The molecule has 0 saturated heterocycles. The Morgan fingerprint density at radius 1 is 0.288 bits per heavy atom. The zero-order chi connectivity index (χ0) is 52.9. The van der Waals surface area contributed by atoms with Gasteiger partial charge in [-0.2, -0.15) is 0 Å². The van der Waals surface area contributed by atoms with E-state index in [2.05, 4.69) is 112 Å². The minimum Gasteiger partial charge on any atom is -0.462 e. The number of allylic oxidation sites excluding steroid dienone is 16. The number of ether oxygens (including phenoxy) is 3. The van der Waals surface area contributed by atoms with E-state index in [9.17, 15) is 14.4 Å². The number of rotatable bonds is 55. The Morgan fingerprint density at radius 2 is 0.562 bits per heavy atom. The molecule has 418 valence electrons. The van der Waals surface area contributed by atoms with Gasteiger partial charge in [-0.25, -0.2) is 0 Å². The molecule has 0 fully saturated rings. The quantitative estimate of drug-likeness (QED) is 0.0261. The van der Waals surface area contributed by atoms with Crippen LogP contribution in [0.25, 0.3) is 0 Å². The van der Waals surface area contributed by atoms with Crippen molar-refractivity contribution < 1.29 is 28.6 Å². The average Bonchev–Trinajstić information content (AvgIpc) is 3.39. The molecule has 0 heterocycles. The molecule has 0 radical (unpaired) electrons. The van der Waals surface area contributed by atoms with Gasteiger partial charge in [-0.1, -0.05) is 279 Å². The molecule has 0 aliphatic heterocycles. The Bertz CT molecular complexity index is 1440. The minimum absolute atomic E-state index is 0.103. The van der Waals surface area contributed by atoms with Crippen molar-refractivity contribution in [2.45, 2.75) is 297 Å². The van der Waals surface area contributed by atoms with Crippen molar-refractivity contribution in [2.24, 2.45) is 0 Å². The van der Waals surface area contributed by atoms with Crippen LogP contribution in [0.3, 0.4) is 0 Å². The van der Waals surface area contributed by atoms with E-state index >= 15 is 0 Å². The van der Waals surface area contributed by atoms with E-state index in [-0.39, 0.29) is 37.5 Å². The molecule has 0 aromatic heterocycles. The molecule has 0 rings (SSSR count). The molecule has 0 saturated carbocycles. The topological polar surface area (TPSA) is 78.9 Å². The summed E-state index contributed by atoms with van der Waals surface area (Å²) in [6.45, 7) is 6.46. The van der Waals surface area contributed by atoms with Crippen molar-refractivity contribution in [1.82, 2.24) is 0 Å². The predicted octanol–water partition coefficient (Wildman–Crippen LogP) is 20.9. The minimum atomic E-state index is -0.812. The van der Waals surface area contributed by atoms with Gasteiger partial charge in [0.1, 0.15) is 13.2 Å². The summed E-state index contributed by atoms with van der Waals surface area (Å²) in [6, 6.07) is 0. The molecule has 0 aliphatic carbocycles. The van der Waals surface area contributed by atoms with Crippen LogP contribution in [-0.2, 0) is 28.6 Å². The third-order valence-corrected chi connectivity index (χ3v) is 13.1. The molecule has 0 aliphatic rings. The van der Waals surface area contributed by atoms with Crippen LogP contribution in [0.15, 0.2) is 97.2 Å². The van der Waals surface area contributed by atoms with Crippen molar-refractivity contribution in [3.8, 4) is 0 Å². The van der Waals surface area contributed by atoms with Crippen molar-refractivity contribution in [2.75, 3.05) is 13.2 Å². The van der Waals surface area contributed by atoms with E-state index < -0.39 is 6.10 Å². The number of carbonyl (C=O) groups excluding carboxylic acids is 3. The SMILES string of the molecule is CC/C=C\C/C=C\C/C=C\C/C=C\C/C=C\C/C=C\CCC(=O)OC[C@H](COC(=O)CCCCCCCCC/C=C\C/C=C\CCCCC)OC(=O)CCCCCCCCCCCCCCCCCCCCC. The second kappa shape index (κ2) is 60.9. The van der Waals surface area contributed by atoms with Crippen molar-refractivity contribution in [3.63, 3.8) is 0 Å². The predicted molar refractivity (Wildman–Crippen MR) is 316 cm³/mol. The van der Waals surface area contributed by atoms with E-state index in [1.54, 1.807) is 0 Å². The number of hydrogen-bond donors (Lipinski definition) is 0. The van der Waals surface area contributed by atoms with Crippen LogP contribution < -0.4 is 0 Å². The molecule has 6 heteroatoms. The third kappa shape index (κ3) is 59.1. The van der Waals surface area contributed by atoms with Gasteiger partial charge in [0, 0.05) is 19.3 Å². The molecule has 0 N–H and O–H groups in total. The first kappa shape index (κ1) is 69.3. The Labute approximate surface area is 451 Å². The summed E-state index contributed by atoms with van der Waals surface area (Å²) < 4.78 is 16.8. The molecule has 0 amide bonds. The molecule has 0 unspecified atom stereocenters. The summed E-state index contributed by atoms with van der Waals surface area (Å²) in [5.74, 6) is -0.988. The van der Waals surface area contributed by atoms with E-state index in [0.717, 1.165) is 89.9 Å². The van der Waals surface area contributed by atoms with Crippen LogP contribution in [0.5, 0.6) is 0 Å². The molecule has 1 atom stereocenters. The van der Waals surface area contributed by atoms with Crippen LogP contribution in [0.4, 0.5) is 0 Å². The third-order valence-electron chi connectivity index (χ3n) is 13.1. The van der Waals surface area contributed by atoms with E-state index in [1.807, 2.05) is 6.08 Å². The standard InChI is InChI=1S/C67H114O6/c1-4-7-10-13-16-19-22-25-28-31-33-36-39-42-45-48-51-54-57-60-66(69)72-63-64(62-71-65(68)59-56-53-50-47-44-41-38-35-30-27-24-21-18-15-12-9-6-3)73-67(70)61-58-55-52-49-46-43-40-37-34-32-29-26-23-20-17-14-11-8-5-2/h7,10,16,18-19,21,25,27-28,30,33,36,42,45,51,54,64H,4-6,8-9,11-15,17,20,22-24,26,29,31-32,34-35,37-41,43-44,46-50,52-53,55-63H2,1-3H3/b10-7-,19-16-,21-18-,28-25-,30-27-,36-33-,45-42-,54-51-/t64-/m0/s1. The second-order valence-corrected chi connectivity index (χ2v) is 20.2. The van der Waals surface area contributed by atoms with Gasteiger partial charge < -0.3 is 14.2 Å². The van der Waals surface area contributed by atoms with Gasteiger partial charge >= 0.3 is 17.9 Å². The summed E-state index contributed by atoms with van der Waals surface area (Å²) >= 11 is 0. The van der Waals surface area contributed by atoms with Gasteiger partial charge in [0.15, 0.2) is 6.10 Å². The number of unbranched alkanes of at least 4 members (excludes halogenated alkanes) is 28. The lowest BCUT2D eigenvalue weighted by molar-refractivity contribution is -0.166. The molecule has 0 aromatic carbocycles. The largest absolute Gasteiger partial charge is 0.462 e. The molecular formula is C67H114O6. The fraction of sp³-hybridized carbons (Fsp3) is 0.716. The number of hydrogen-bond acceptors (Lipinski definition) is 6. The summed E-state index contributed by atoms with van der Waals surface area (Å²) in [5.41, 5.74) is 0. The number of carbonyl (C=O) groups is 3. The normalized spacial score (nSPS) is 12.8. The Morgan fingerprint density at radius 3 is 0.945 bits per heavy atom. The average molecular weight is 1020 g/mol. The maximum Gasteiger partial charge on any atom is 0.306 e. The van der Waals surface area contributed by atoms with Crippen LogP contribution >= 0.6 is 0 Å². The monoisotopic (exact) mass is 1010 g/mol. The van der Waals surface area contributed by atoms with E-state index in [0.29, 0.717) is 19.3 Å². The summed E-state index contributed by atoms with van der Waals surface area (Å²) in [4.78, 5) is 38.2. The van der Waals surface area contributed by atoms with Gasteiger partial charge in [-0.3, -0.25) is 14.4 Å². The van der Waals surface area contributed by atoms with Gasteiger partial charge in [-0.05, 0) is 89.9 Å². The highest BCUT2D eigenvalue weighted by molar-refractivity contribution is 5.71. The number of esters is 3. The van der Waals surface area contributed by atoms with Crippen molar-refractivity contribution >= 4 is 17.9 Å². The van der Waals surface area contributed by atoms with Gasteiger partial charge in [-0.15, -0.1) is 0 Å². The first-order chi connectivity index (χ1) is 36.0. The maximum atomic E-state index is 12.9. The zero-order valence-corrected chi connectivity index (χ0v) is 47.9. The maximum absolute atomic E-state index is 12.9. The highest BCUT2D eigenvalue weighted by Crippen LogP contribution is 2.16. The summed E-state index contributed by atoms with van der Waals surface area (Å²) in [7, 11) is 0. The fourth-order valence-electron chi connectivity index (χ4n) is 8.50. The molecule has 73 heavy (non-hydrogen) atoms. The highest BCUT2D eigenvalue weighted by atomic mass is 16.6. The first-order valence-electron chi connectivity index (χ1n) is 30.7. The Kier molecular flexibility index (Phi) is 57.8. The van der Waals surface area contributed by atoms with Crippen LogP contribution in [-0.4, -0.2) is 37.2 Å². The molecule has 0 aromatic rings. The van der Waals surface area contributed by atoms with Crippen molar-refractivity contribution in [3.05, 3.63) is 97.2 Å². The molecule has 0 spiro atoms. The fourth-order valence-corrected chi connectivity index (χ4v) is 8.50. The Hall–Kier alpha value is -3.67. The lowest BCUT2D eigenvalue weighted by Gasteiger charge is -2.18. The molecule has 6 nitrogen and oxygen atoms in total. The molecule has 0 bridgehead atoms. The lowest BCUT2D eigenvalue weighted by Crippen LogP contribution is -2.30. The molecular weight excluding hydrogens is 901 g/mol. The first-order valence-corrected chi connectivity index (χ1v) is 30.7. The van der Waals surface area contributed by atoms with Gasteiger partial charge in [0.25, 0.3) is 0 Å². The van der Waals surface area contributed by atoms with Crippen molar-refractivity contribution in [1.29, 1.82) is 0 Å². The zero-order valence-electron chi connectivity index (χ0n) is 47.9. The second-order valence-electron chi connectivity index (χ2n) is 20.2. The smallest absolute Gasteiger partial charge is 0.306 e. The van der Waals surface area contributed by atoms with Crippen LogP contribution in [0, 0.1) is 0 Å². The van der Waals surface area contributed by atoms with Gasteiger partial charge in [0.05, 0.1) is 0 Å². The highest BCUT2D eigenvalue weighted by Gasteiger charge is 2.19. The lowest BCUT2D eigenvalue weighted by atomic mass is 10.0. The van der Waals surface area contributed by atoms with E-state index in [4.69, 9.17) is 14.2 Å².